The number of aromatic nitrogens is 4. The number of fused-ring (bicyclic) bond motifs is 1. The van der Waals surface area contributed by atoms with Crippen LogP contribution in [0.5, 0.6) is 0 Å². The average molecular weight is 611 g/mol. The predicted octanol–water partition coefficient (Wildman–Crippen LogP) is 8.63. The predicted molar refractivity (Wildman–Crippen MR) is 164 cm³/mol. The van der Waals surface area contributed by atoms with E-state index in [1.54, 1.807) is 11.3 Å². The fourth-order valence-corrected chi connectivity index (χ4v) is 5.83. The molecule has 0 saturated heterocycles. The topological polar surface area (TPSA) is 88.0 Å². The third-order valence-electron chi connectivity index (χ3n) is 5.44. The summed E-state index contributed by atoms with van der Waals surface area (Å²) in [6, 6.07) is 33.7. The van der Waals surface area contributed by atoms with Gasteiger partial charge < -0.3 is 10.6 Å². The van der Waals surface area contributed by atoms with Crippen molar-refractivity contribution in [3.05, 3.63) is 113 Å². The molecule has 0 spiro atoms. The molecule has 0 aliphatic heterocycles. The van der Waals surface area contributed by atoms with Gasteiger partial charge in [-0.25, -0.2) is 4.98 Å². The smallest absolute Gasteiger partial charge is 0.233 e. The van der Waals surface area contributed by atoms with E-state index in [1.807, 2.05) is 109 Å². The van der Waals surface area contributed by atoms with Gasteiger partial charge in [-0.05, 0) is 71.9 Å². The van der Waals surface area contributed by atoms with Gasteiger partial charge in [-0.1, -0.05) is 64.5 Å². The summed E-state index contributed by atoms with van der Waals surface area (Å²) in [5.74, 6) is 0.894. The van der Waals surface area contributed by atoms with Gasteiger partial charge in [-0.2, -0.15) is 15.0 Å². The zero-order chi connectivity index (χ0) is 26.4. The maximum atomic E-state index is 4.79. The highest BCUT2D eigenvalue weighted by atomic mass is 79.9. The first-order valence-corrected chi connectivity index (χ1v) is 14.4. The molecular weight excluding hydrogens is 590 g/mol. The first-order valence-electron chi connectivity index (χ1n) is 11.9. The number of para-hydroxylation sites is 2. The zero-order valence-electron chi connectivity index (χ0n) is 20.3. The van der Waals surface area contributed by atoms with E-state index in [0.717, 1.165) is 41.7 Å². The van der Waals surface area contributed by atoms with Crippen molar-refractivity contribution in [1.29, 1.82) is 0 Å². The van der Waals surface area contributed by atoms with Crippen LogP contribution >= 0.6 is 39.0 Å². The number of halogens is 1. The second-order valence-corrected chi connectivity index (χ2v) is 11.5. The molecular formula is C29H20BrN7S2. The quantitative estimate of drug-likeness (QED) is 0.167. The molecule has 7 nitrogen and oxygen atoms in total. The molecule has 39 heavy (non-hydrogen) atoms. The van der Waals surface area contributed by atoms with Crippen LogP contribution in [0.25, 0.3) is 10.2 Å². The monoisotopic (exact) mass is 609 g/mol. The lowest BCUT2D eigenvalue weighted by atomic mass is 10.2. The van der Waals surface area contributed by atoms with Crippen molar-refractivity contribution >= 4 is 84.4 Å². The van der Waals surface area contributed by atoms with Gasteiger partial charge >= 0.3 is 0 Å². The molecule has 0 aliphatic carbocycles. The van der Waals surface area contributed by atoms with E-state index in [1.165, 1.54) is 11.8 Å². The van der Waals surface area contributed by atoms with Gasteiger partial charge in [0.25, 0.3) is 0 Å². The Morgan fingerprint density at radius 1 is 0.718 bits per heavy atom. The third kappa shape index (κ3) is 6.66. The largest absolute Gasteiger partial charge is 0.324 e. The molecule has 0 unspecified atom stereocenters. The van der Waals surface area contributed by atoms with Crippen LogP contribution in [0, 0.1) is 0 Å². The standard InChI is InChI=1S/C29H20BrN7S2/c30-20-13-11-19(12-14-20)18-31-23-15-16-24-25(17-23)38-29(34-24)39-28-36-26(32-21-7-3-1-4-8-21)35-27(37-28)33-22-9-5-2-6-10-22/h1-18H,(H2,32,33,35,36,37). The van der Waals surface area contributed by atoms with Gasteiger partial charge in [-0.15, -0.1) is 11.3 Å². The van der Waals surface area contributed by atoms with Crippen molar-refractivity contribution in [2.75, 3.05) is 10.6 Å². The maximum Gasteiger partial charge on any atom is 0.233 e. The van der Waals surface area contributed by atoms with Crippen LogP contribution in [0.2, 0.25) is 0 Å². The Balaban J connectivity index is 1.26. The van der Waals surface area contributed by atoms with Crippen molar-refractivity contribution in [2.24, 2.45) is 4.99 Å². The number of aliphatic imine (C=N–C) groups is 1. The minimum absolute atomic E-state index is 0.447. The van der Waals surface area contributed by atoms with Crippen molar-refractivity contribution in [3.63, 3.8) is 0 Å². The Kier molecular flexibility index (Phi) is 7.57. The van der Waals surface area contributed by atoms with Crippen LogP contribution in [0.3, 0.4) is 0 Å². The minimum atomic E-state index is 0.447. The molecule has 0 fully saturated rings. The van der Waals surface area contributed by atoms with E-state index in [2.05, 4.69) is 46.5 Å². The molecule has 0 radical (unpaired) electrons. The molecule has 190 valence electrons. The lowest BCUT2D eigenvalue weighted by Crippen LogP contribution is -2.05. The van der Waals surface area contributed by atoms with Gasteiger partial charge in [-0.3, -0.25) is 4.99 Å². The van der Waals surface area contributed by atoms with Crippen molar-refractivity contribution in [3.8, 4) is 0 Å². The highest BCUT2D eigenvalue weighted by Crippen LogP contribution is 2.35. The Labute approximate surface area is 241 Å². The normalized spacial score (nSPS) is 11.2. The molecule has 2 N–H and O–H groups in total. The van der Waals surface area contributed by atoms with Crippen LogP contribution in [-0.4, -0.2) is 26.2 Å². The summed E-state index contributed by atoms with van der Waals surface area (Å²) >= 11 is 6.44. The maximum absolute atomic E-state index is 4.79. The van der Waals surface area contributed by atoms with Crippen molar-refractivity contribution in [1.82, 2.24) is 19.9 Å². The minimum Gasteiger partial charge on any atom is -0.324 e. The first-order chi connectivity index (χ1) is 19.2. The summed E-state index contributed by atoms with van der Waals surface area (Å²) in [5.41, 5.74) is 4.59. The summed E-state index contributed by atoms with van der Waals surface area (Å²) in [6.45, 7) is 0. The van der Waals surface area contributed by atoms with E-state index in [4.69, 9.17) is 4.98 Å². The van der Waals surface area contributed by atoms with Gasteiger partial charge in [0.15, 0.2) is 4.34 Å². The Morgan fingerprint density at radius 3 is 2.00 bits per heavy atom. The third-order valence-corrected chi connectivity index (χ3v) is 7.91. The fraction of sp³-hybridized carbons (Fsp3) is 0. The molecule has 10 heteroatoms. The number of benzene rings is 4. The van der Waals surface area contributed by atoms with Gasteiger partial charge in [0.05, 0.1) is 15.9 Å². The number of rotatable bonds is 8. The highest BCUT2D eigenvalue weighted by molar-refractivity contribution is 9.10. The number of hydrogen-bond acceptors (Lipinski definition) is 9. The van der Waals surface area contributed by atoms with E-state index >= 15 is 0 Å². The summed E-state index contributed by atoms with van der Waals surface area (Å²) in [6.07, 6.45) is 1.86. The molecule has 2 heterocycles. The summed E-state index contributed by atoms with van der Waals surface area (Å²) in [5, 5.41) is 7.08. The Bertz CT molecular complexity index is 1680. The van der Waals surface area contributed by atoms with Crippen LogP contribution in [0.4, 0.5) is 29.0 Å². The second-order valence-electron chi connectivity index (χ2n) is 8.29. The highest BCUT2D eigenvalue weighted by Gasteiger charge is 2.13. The number of nitrogens with zero attached hydrogens (tertiary/aromatic N) is 5. The molecule has 0 saturated carbocycles. The number of anilines is 4. The Morgan fingerprint density at radius 2 is 1.36 bits per heavy atom. The molecule has 6 rings (SSSR count). The van der Waals surface area contributed by atoms with Crippen LogP contribution < -0.4 is 10.6 Å². The molecule has 0 amide bonds. The molecule has 0 atom stereocenters. The van der Waals surface area contributed by atoms with E-state index in [-0.39, 0.29) is 0 Å². The fourth-order valence-electron chi connectivity index (χ4n) is 3.61. The average Bonchev–Trinajstić information content (AvgIpc) is 3.35. The summed E-state index contributed by atoms with van der Waals surface area (Å²) in [4.78, 5) is 23.3. The Hall–Kier alpha value is -4.12. The molecule has 4 aromatic carbocycles. The van der Waals surface area contributed by atoms with Gasteiger partial charge in [0.1, 0.15) is 0 Å². The number of hydrogen-bond donors (Lipinski definition) is 2. The van der Waals surface area contributed by atoms with E-state index in [9.17, 15) is 0 Å². The van der Waals surface area contributed by atoms with Crippen LogP contribution in [0.15, 0.2) is 122 Å². The first kappa shape index (κ1) is 25.2. The molecule has 0 aliphatic rings. The summed E-state index contributed by atoms with van der Waals surface area (Å²) < 4.78 is 2.92. The van der Waals surface area contributed by atoms with E-state index in [0.29, 0.717) is 17.1 Å². The van der Waals surface area contributed by atoms with Crippen LogP contribution in [0.1, 0.15) is 5.56 Å². The zero-order valence-corrected chi connectivity index (χ0v) is 23.5. The van der Waals surface area contributed by atoms with Crippen LogP contribution in [-0.2, 0) is 0 Å². The summed E-state index contributed by atoms with van der Waals surface area (Å²) in [7, 11) is 0. The lowest BCUT2D eigenvalue weighted by molar-refractivity contribution is 0.919. The second kappa shape index (κ2) is 11.7. The molecule has 0 bridgehead atoms. The van der Waals surface area contributed by atoms with Crippen molar-refractivity contribution < 1.29 is 0 Å². The number of thiazole rings is 1. The molecule has 2 aromatic heterocycles. The van der Waals surface area contributed by atoms with Gasteiger partial charge in [0, 0.05) is 22.1 Å². The molecule has 6 aromatic rings. The van der Waals surface area contributed by atoms with Crippen molar-refractivity contribution in [2.45, 2.75) is 9.50 Å². The van der Waals surface area contributed by atoms with Gasteiger partial charge in [0.2, 0.25) is 17.1 Å². The SMILES string of the molecule is Brc1ccc(C=Nc2ccc3nc(Sc4nc(Nc5ccccc5)nc(Nc5ccccc5)n4)sc3c2)cc1. The lowest BCUT2D eigenvalue weighted by Gasteiger charge is -2.09. The van der Waals surface area contributed by atoms with E-state index < -0.39 is 0 Å². The number of nitrogens with one attached hydrogen (secondary N) is 2.